The van der Waals surface area contributed by atoms with Crippen molar-refractivity contribution in [1.82, 2.24) is 0 Å². The van der Waals surface area contributed by atoms with E-state index in [0.717, 1.165) is 7.11 Å². The molecule has 0 aliphatic carbocycles. The lowest BCUT2D eigenvalue weighted by molar-refractivity contribution is -0.122. The normalized spacial score (nSPS) is 5.40. The molecule has 0 atom stereocenters. The number of hydrogen-bond acceptors (Lipinski definition) is 2. The zero-order valence-electron chi connectivity index (χ0n) is 5.71. The molecule has 0 radical (unpaired) electrons. The molecule has 0 amide bonds. The predicted octanol–water partition coefficient (Wildman–Crippen LogP) is 0.295. The summed E-state index contributed by atoms with van der Waals surface area (Å²) in [4.78, 5) is 8.14. The maximum atomic E-state index is 8.36. The van der Waals surface area contributed by atoms with Gasteiger partial charge in [0.25, 0.3) is 6.47 Å². The summed E-state index contributed by atoms with van der Waals surface area (Å²) < 4.78 is 0. The average Bonchev–Trinajstić information content (AvgIpc) is 1.71. The quantitative estimate of drug-likeness (QED) is 0.430. The second-order valence-electron chi connectivity index (χ2n) is 0.624. The Hall–Kier alpha value is -0.0300. The van der Waals surface area contributed by atoms with Gasteiger partial charge >= 0.3 is 0 Å². The molecule has 0 fully saturated rings. The molecule has 0 heterocycles. The molecule has 4 N–H and O–H groups in total. The zero-order chi connectivity index (χ0) is 8.28. The van der Waals surface area contributed by atoms with Gasteiger partial charge in [0, 0.05) is 7.11 Å². The van der Waals surface area contributed by atoms with Gasteiger partial charge in [-0.25, -0.2) is 0 Å². The van der Waals surface area contributed by atoms with Crippen molar-refractivity contribution < 1.29 is 20.5 Å². The number of aliphatic hydroxyl groups excluding tert-OH is 1. The molecule has 0 aliphatic heterocycles. The van der Waals surface area contributed by atoms with Gasteiger partial charge in [0.05, 0.1) is 0 Å². The van der Waals surface area contributed by atoms with Gasteiger partial charge in [0.15, 0.2) is 0 Å². The van der Waals surface area contributed by atoms with E-state index in [9.17, 15) is 0 Å². The fraction of sp³-hybridized carbons (Fsp3) is 0.750. The Balaban J connectivity index is -0.0000000273. The summed E-state index contributed by atoms with van der Waals surface area (Å²) in [7, 11) is 1.00. The van der Waals surface area contributed by atoms with Gasteiger partial charge < -0.3 is 15.7 Å². The molecule has 0 bridgehead atoms. The van der Waals surface area contributed by atoms with Crippen molar-refractivity contribution in [2.45, 2.75) is 11.8 Å². The van der Waals surface area contributed by atoms with E-state index >= 15 is 0 Å². The van der Waals surface area contributed by atoms with Gasteiger partial charge in [-0.1, -0.05) is 0 Å². The molecule has 0 spiro atoms. The first-order chi connectivity index (χ1) is 4.15. The van der Waals surface area contributed by atoms with Crippen LogP contribution < -0.4 is 0 Å². The highest BCUT2D eigenvalue weighted by Gasteiger charge is 1.75. The molecule has 0 saturated heterocycles. The summed E-state index contributed by atoms with van der Waals surface area (Å²) in [6.07, 6.45) is 0. The second-order valence-corrected chi connectivity index (χ2v) is 2.16. The zero-order valence-corrected chi connectivity index (χ0v) is 7.23. The third-order valence-corrected chi connectivity index (χ3v) is 0. The summed E-state index contributed by atoms with van der Waals surface area (Å²) in [6, 6.07) is 0. The number of halogens is 2. The Morgan fingerprint density at radius 2 is 1.40 bits per heavy atom. The Kier molecular flexibility index (Phi) is 81.4. The van der Waals surface area contributed by atoms with Crippen LogP contribution in [0.1, 0.15) is 6.92 Å². The monoisotopic (exact) mass is 194 g/mol. The number of rotatable bonds is 0. The van der Waals surface area contributed by atoms with Gasteiger partial charge in [-0.3, -0.25) is 4.79 Å². The largest absolute Gasteiger partial charge is 0.483 e. The fourth-order valence-corrected chi connectivity index (χ4v) is 0. The molecule has 0 aromatic carbocycles. The molecule has 0 rings (SSSR count). The lowest BCUT2D eigenvalue weighted by Gasteiger charge is -1.72. The summed E-state index contributed by atoms with van der Waals surface area (Å²) in [6.45, 7) is 1.45. The van der Waals surface area contributed by atoms with E-state index in [1.54, 1.807) is 6.92 Å². The van der Waals surface area contributed by atoms with E-state index in [1.807, 2.05) is 0 Å². The van der Waals surface area contributed by atoms with Crippen LogP contribution in [-0.4, -0.2) is 34.1 Å². The van der Waals surface area contributed by atoms with Gasteiger partial charge in [0.1, 0.15) is 4.84 Å². The van der Waals surface area contributed by atoms with Gasteiger partial charge in [0.2, 0.25) is 0 Å². The van der Waals surface area contributed by atoms with E-state index in [1.165, 1.54) is 0 Å². The smallest absolute Gasteiger partial charge is 0.290 e. The van der Waals surface area contributed by atoms with Gasteiger partial charge in [-0.05, 0) is 6.92 Å². The maximum absolute atomic E-state index is 8.36. The molecule has 0 aliphatic rings. The van der Waals surface area contributed by atoms with Crippen LogP contribution in [0.5, 0.6) is 0 Å². The lowest BCUT2D eigenvalue weighted by Crippen LogP contribution is -1.63. The molecule has 0 aromatic heterocycles. The van der Waals surface area contributed by atoms with Crippen LogP contribution in [0.25, 0.3) is 0 Å². The van der Waals surface area contributed by atoms with E-state index in [4.69, 9.17) is 38.2 Å². The summed E-state index contributed by atoms with van der Waals surface area (Å²) in [5.74, 6) is 0. The van der Waals surface area contributed by atoms with Crippen molar-refractivity contribution in [3.63, 3.8) is 0 Å². The van der Waals surface area contributed by atoms with Crippen molar-refractivity contribution in [3.8, 4) is 0 Å². The molecule has 6 heteroatoms. The summed E-state index contributed by atoms with van der Waals surface area (Å²) in [5.41, 5.74) is 0. The third kappa shape index (κ3) is 430000. The minimum atomic E-state index is -0.250. The topological polar surface area (TPSA) is 89.0 Å². The number of aliphatic hydroxyl groups is 1. The minimum absolute atomic E-state index is 0. The van der Waals surface area contributed by atoms with Crippen molar-refractivity contribution >= 4 is 29.7 Å². The Morgan fingerprint density at radius 1 is 1.40 bits per heavy atom. The molecule has 4 nitrogen and oxygen atoms in total. The first kappa shape index (κ1) is 22.5. The molecule has 10 heavy (non-hydrogen) atoms. The Bertz CT molecular complexity index is 39.5. The van der Waals surface area contributed by atoms with E-state index in [-0.39, 0.29) is 16.8 Å². The van der Waals surface area contributed by atoms with Gasteiger partial charge in [-0.2, -0.15) is 0 Å². The highest BCUT2D eigenvalue weighted by atomic mass is 35.5. The first-order valence-electron chi connectivity index (χ1n) is 1.95. The molecular formula is C4H12Cl2O4. The van der Waals surface area contributed by atoms with E-state index in [0.29, 0.717) is 0 Å². The van der Waals surface area contributed by atoms with Crippen molar-refractivity contribution in [2.24, 2.45) is 0 Å². The van der Waals surface area contributed by atoms with Crippen LogP contribution in [-0.2, 0) is 4.79 Å². The van der Waals surface area contributed by atoms with Gasteiger partial charge in [-0.15, -0.1) is 23.2 Å². The number of alkyl halides is 2. The minimum Gasteiger partial charge on any atom is -0.483 e. The van der Waals surface area contributed by atoms with Crippen LogP contribution in [0, 0.1) is 0 Å². The van der Waals surface area contributed by atoms with Crippen LogP contribution in [0.2, 0.25) is 0 Å². The number of carboxylic acid groups (broad SMARTS) is 1. The first-order valence-corrected chi connectivity index (χ1v) is 2.83. The average molecular weight is 195 g/mol. The number of carbonyl (C=O) groups is 1. The van der Waals surface area contributed by atoms with Crippen molar-refractivity contribution in [3.05, 3.63) is 0 Å². The maximum Gasteiger partial charge on any atom is 0.290 e. The molecule has 0 unspecified atom stereocenters. The van der Waals surface area contributed by atoms with Crippen LogP contribution in [0.15, 0.2) is 0 Å². The molecule has 0 saturated carbocycles. The van der Waals surface area contributed by atoms with Crippen LogP contribution in [0.4, 0.5) is 0 Å². The van der Waals surface area contributed by atoms with Crippen molar-refractivity contribution in [2.75, 3.05) is 7.11 Å². The summed E-state index contributed by atoms with van der Waals surface area (Å²) >= 11 is 10.1. The Morgan fingerprint density at radius 3 is 1.40 bits per heavy atom. The molecular weight excluding hydrogens is 183 g/mol. The SMILES string of the molecule is CC(Cl)Cl.CO.O.O=CO. The predicted molar refractivity (Wildman–Crippen MR) is 41.6 cm³/mol. The Labute approximate surface area is 69.7 Å². The standard InChI is InChI=1S/C2H4Cl2.CH2O2.CH4O.H2O/c1-2(3)4;2-1-3;1-2;/h2H,1H3;1H,(H,2,3);2H,1H3;1H2. The lowest BCUT2D eigenvalue weighted by atomic mass is 11.0. The number of hydrogen-bond donors (Lipinski definition) is 2. The molecule has 0 aromatic rings. The van der Waals surface area contributed by atoms with Crippen LogP contribution in [0.3, 0.4) is 0 Å². The van der Waals surface area contributed by atoms with Crippen molar-refractivity contribution in [1.29, 1.82) is 0 Å². The van der Waals surface area contributed by atoms with E-state index < -0.39 is 0 Å². The summed E-state index contributed by atoms with van der Waals surface area (Å²) in [5, 5.41) is 13.9. The highest BCUT2D eigenvalue weighted by molar-refractivity contribution is 6.43. The van der Waals surface area contributed by atoms with E-state index in [2.05, 4.69) is 0 Å². The second kappa shape index (κ2) is 36.2. The fourth-order valence-electron chi connectivity index (χ4n) is 0. The highest BCUT2D eigenvalue weighted by Crippen LogP contribution is 1.95. The molecule has 66 valence electrons. The van der Waals surface area contributed by atoms with Crippen LogP contribution >= 0.6 is 23.2 Å². The third-order valence-electron chi connectivity index (χ3n) is 0.